The average molecular weight is 1120 g/mol. The lowest BCUT2D eigenvalue weighted by Crippen LogP contribution is -2.49. The lowest BCUT2D eigenvalue weighted by atomic mass is 9.91. The number of nitrogens with zero attached hydrogens (tertiary/aromatic N) is 7. The van der Waals surface area contributed by atoms with Crippen molar-refractivity contribution >= 4 is 58.5 Å². The van der Waals surface area contributed by atoms with E-state index in [2.05, 4.69) is 36.5 Å². The number of rotatable bonds is 17. The van der Waals surface area contributed by atoms with Crippen LogP contribution in [0.15, 0.2) is 122 Å². The normalized spacial score (nSPS) is 21.5. The van der Waals surface area contributed by atoms with E-state index < -0.39 is 48.4 Å². The number of likely N-dealkylation sites (tertiary alicyclic amines) is 2. The van der Waals surface area contributed by atoms with Crippen LogP contribution in [0.3, 0.4) is 0 Å². The molecule has 5 amide bonds. The van der Waals surface area contributed by atoms with Crippen LogP contribution in [0, 0.1) is 0 Å². The number of alkyl halides is 3. The summed E-state index contributed by atoms with van der Waals surface area (Å²) in [5.74, 6) is -2.60. The second-order valence-corrected chi connectivity index (χ2v) is 20.9. The van der Waals surface area contributed by atoms with Crippen LogP contribution in [0.1, 0.15) is 68.5 Å². The van der Waals surface area contributed by atoms with Crippen molar-refractivity contribution in [3.63, 3.8) is 0 Å². The standard InChI is InChI=1S/C58H65F3N12O8/c1-2-47(74)66-45-30-46(50(76)51(45)81-54(77)58(59,60)61)73-35-63-49-52(62-31-43(37-16-8-4-9-17-37)38-18-10-5-11-19-38)68-55(69-53(49)73)72-29-23-40(33-72)65-56(78)64-39-22-28-71(32-39)48(75)34-70-26-24-41(25-27-70)80-57(79)67-44-21-13-12-20-42(44)36-14-6-3-7-15-36/h3-21,35,39-41,43,45-46,50-51,76H,2,22-34H2,1H3,(H,66,74)(H,67,79)(H,62,68,69)(H2,64,65,78)/t39-,40-,45+,46-,50+,51-/m1/s1. The molecule has 4 aromatic carbocycles. The number of esters is 1. The fourth-order valence-corrected chi connectivity index (χ4v) is 11.3. The highest BCUT2D eigenvalue weighted by Crippen LogP contribution is 2.38. The summed E-state index contributed by atoms with van der Waals surface area (Å²) in [6, 6.07) is 34.0. The SMILES string of the molecule is CCC(=O)N[C@H]1C[C@@H](n2cnc3c(NCC(c4ccccc4)c4ccccc4)nc(N4CC[C@@H](NC(=O)N[C@@H]5CCN(C(=O)CN6CCC(OC(=O)Nc7ccccc7-c7ccccc7)CC6)C5)C4)nc32)[C@H](O)[C@@H]1OC(=O)C(F)(F)F. The molecule has 0 unspecified atom stereocenters. The molecule has 426 valence electrons. The van der Waals surface area contributed by atoms with E-state index in [9.17, 15) is 42.3 Å². The molecule has 1 aliphatic carbocycles. The maximum absolute atomic E-state index is 13.6. The number of aromatic nitrogens is 4. The third kappa shape index (κ3) is 13.5. The smallest absolute Gasteiger partial charge is 0.451 e. The maximum atomic E-state index is 13.6. The molecule has 5 heterocycles. The van der Waals surface area contributed by atoms with Crippen molar-refractivity contribution in [1.29, 1.82) is 0 Å². The summed E-state index contributed by atoms with van der Waals surface area (Å²) in [5.41, 5.74) is 5.11. The summed E-state index contributed by atoms with van der Waals surface area (Å²) in [6.07, 6.45) is -6.08. The lowest BCUT2D eigenvalue weighted by molar-refractivity contribution is -0.209. The molecular weight excluding hydrogens is 1050 g/mol. The molecular formula is C58H65F3N12O8. The van der Waals surface area contributed by atoms with E-state index in [1.165, 1.54) is 10.9 Å². The third-order valence-corrected chi connectivity index (χ3v) is 15.5. The number of hydrogen-bond acceptors (Lipinski definition) is 14. The van der Waals surface area contributed by atoms with Gasteiger partial charge < -0.3 is 50.2 Å². The second kappa shape index (κ2) is 25.0. The first-order valence-corrected chi connectivity index (χ1v) is 27.4. The highest BCUT2D eigenvalue weighted by molar-refractivity contribution is 5.91. The molecule has 0 spiro atoms. The van der Waals surface area contributed by atoms with Crippen LogP contribution in [0.2, 0.25) is 0 Å². The van der Waals surface area contributed by atoms with Crippen LogP contribution >= 0.6 is 0 Å². The van der Waals surface area contributed by atoms with Gasteiger partial charge in [-0.05, 0) is 54.9 Å². The molecule has 0 bridgehead atoms. The number of anilines is 3. The molecule has 0 radical (unpaired) electrons. The largest absolute Gasteiger partial charge is 0.490 e. The number of benzene rings is 4. The molecule has 6 N–H and O–H groups in total. The van der Waals surface area contributed by atoms with E-state index in [0.29, 0.717) is 88.5 Å². The summed E-state index contributed by atoms with van der Waals surface area (Å²) >= 11 is 0. The van der Waals surface area contributed by atoms with Gasteiger partial charge in [0, 0.05) is 75.8 Å². The molecule has 3 saturated heterocycles. The molecule has 2 aromatic heterocycles. The number of para-hydroxylation sites is 1. The molecule has 3 aliphatic heterocycles. The van der Waals surface area contributed by atoms with Crippen molar-refractivity contribution in [3.05, 3.63) is 133 Å². The van der Waals surface area contributed by atoms with E-state index in [-0.39, 0.29) is 67.0 Å². The van der Waals surface area contributed by atoms with Gasteiger partial charge in [0.05, 0.1) is 30.6 Å². The minimum atomic E-state index is -5.35. The Bertz CT molecular complexity index is 3130. The number of carbonyl (C=O) groups excluding carboxylic acids is 5. The summed E-state index contributed by atoms with van der Waals surface area (Å²) in [6.45, 7) is 4.88. The van der Waals surface area contributed by atoms with E-state index in [0.717, 1.165) is 22.3 Å². The Hall–Kier alpha value is -8.31. The molecule has 6 aromatic rings. The minimum Gasteiger partial charge on any atom is -0.451 e. The predicted molar refractivity (Wildman–Crippen MR) is 295 cm³/mol. The van der Waals surface area contributed by atoms with E-state index in [4.69, 9.17) is 19.4 Å². The number of hydrogen-bond donors (Lipinski definition) is 6. The molecule has 23 heteroatoms. The van der Waals surface area contributed by atoms with E-state index >= 15 is 0 Å². The molecule has 4 aliphatic rings. The number of imidazole rings is 1. The molecule has 20 nitrogen and oxygen atoms in total. The van der Waals surface area contributed by atoms with Crippen LogP contribution in [0.25, 0.3) is 22.3 Å². The van der Waals surface area contributed by atoms with Crippen molar-refractivity contribution in [2.75, 3.05) is 67.9 Å². The second-order valence-electron chi connectivity index (χ2n) is 20.9. The highest BCUT2D eigenvalue weighted by Gasteiger charge is 2.51. The summed E-state index contributed by atoms with van der Waals surface area (Å²) in [4.78, 5) is 85.0. The Morgan fingerprint density at radius 2 is 1.40 bits per heavy atom. The number of aliphatic hydroxyl groups is 1. The number of fused-ring (bicyclic) bond motifs is 1. The first-order valence-electron chi connectivity index (χ1n) is 27.4. The number of piperidine rings is 1. The number of halogens is 3. The van der Waals surface area contributed by atoms with Gasteiger partial charge in [0.25, 0.3) is 0 Å². The average Bonchev–Trinajstić information content (AvgIpc) is 4.36. The van der Waals surface area contributed by atoms with Crippen LogP contribution in [0.4, 0.5) is 40.2 Å². The summed E-state index contributed by atoms with van der Waals surface area (Å²) in [7, 11) is 0. The Morgan fingerprint density at radius 1 is 0.753 bits per heavy atom. The quantitative estimate of drug-likeness (QED) is 0.0528. The highest BCUT2D eigenvalue weighted by atomic mass is 19.4. The van der Waals surface area contributed by atoms with Crippen LogP contribution < -0.4 is 31.5 Å². The monoisotopic (exact) mass is 1110 g/mol. The fourth-order valence-electron chi connectivity index (χ4n) is 11.3. The minimum absolute atomic E-state index is 0.00599. The van der Waals surface area contributed by atoms with Gasteiger partial charge in [-0.2, -0.15) is 23.1 Å². The molecule has 81 heavy (non-hydrogen) atoms. The zero-order valence-corrected chi connectivity index (χ0v) is 44.6. The van der Waals surface area contributed by atoms with Gasteiger partial charge in [-0.15, -0.1) is 0 Å². The summed E-state index contributed by atoms with van der Waals surface area (Å²) < 4.78 is 52.7. The van der Waals surface area contributed by atoms with Gasteiger partial charge in [0.15, 0.2) is 23.1 Å². The molecule has 10 rings (SSSR count). The van der Waals surface area contributed by atoms with E-state index in [1.807, 2.05) is 120 Å². The van der Waals surface area contributed by atoms with Crippen molar-refractivity contribution in [1.82, 2.24) is 45.3 Å². The molecule has 6 atom stereocenters. The van der Waals surface area contributed by atoms with Crippen LogP contribution in [-0.4, -0.2) is 159 Å². The first-order chi connectivity index (χ1) is 39.2. The van der Waals surface area contributed by atoms with E-state index in [1.54, 1.807) is 11.8 Å². The van der Waals surface area contributed by atoms with Crippen molar-refractivity contribution in [2.24, 2.45) is 0 Å². The number of urea groups is 1. The lowest BCUT2D eigenvalue weighted by Gasteiger charge is -2.32. The summed E-state index contributed by atoms with van der Waals surface area (Å²) in [5, 5.41) is 26.8. The molecule has 4 fully saturated rings. The number of ether oxygens (including phenoxy) is 2. The fraction of sp³-hybridized carbons (Fsp3) is 0.414. The van der Waals surface area contributed by atoms with Gasteiger partial charge in [0.1, 0.15) is 12.2 Å². The van der Waals surface area contributed by atoms with Gasteiger partial charge in [-0.25, -0.2) is 19.4 Å². The topological polar surface area (TPSA) is 238 Å². The Labute approximate surface area is 465 Å². The Balaban J connectivity index is 0.763. The van der Waals surface area contributed by atoms with Crippen molar-refractivity contribution in [3.8, 4) is 11.1 Å². The predicted octanol–water partition coefficient (Wildman–Crippen LogP) is 6.60. The van der Waals surface area contributed by atoms with Crippen LogP contribution in [-0.2, 0) is 23.9 Å². The number of carbonyl (C=O) groups is 5. The number of aliphatic hydroxyl groups excluding tert-OH is 1. The van der Waals surface area contributed by atoms with Crippen LogP contribution in [0.5, 0.6) is 0 Å². The maximum Gasteiger partial charge on any atom is 0.490 e. The Morgan fingerprint density at radius 3 is 2.07 bits per heavy atom. The third-order valence-electron chi connectivity index (χ3n) is 15.5. The van der Waals surface area contributed by atoms with Gasteiger partial charge in [-0.3, -0.25) is 19.8 Å². The van der Waals surface area contributed by atoms with Gasteiger partial charge in [0.2, 0.25) is 17.8 Å². The first kappa shape index (κ1) is 56.0. The zero-order valence-electron chi connectivity index (χ0n) is 44.6. The number of amides is 5. The molecule has 1 saturated carbocycles. The number of nitrogens with one attached hydrogen (secondary N) is 5. The van der Waals surface area contributed by atoms with Crippen molar-refractivity contribution in [2.45, 2.75) is 100 Å². The van der Waals surface area contributed by atoms with Gasteiger partial charge >= 0.3 is 24.3 Å². The van der Waals surface area contributed by atoms with Gasteiger partial charge in [-0.1, -0.05) is 116 Å². The van der Waals surface area contributed by atoms with Crippen molar-refractivity contribution < 1.29 is 51.7 Å². The Kier molecular flexibility index (Phi) is 17.3. The zero-order chi connectivity index (χ0) is 56.6.